The standard InChI is InChI=1S/C11H13NO3/c1-7-2-3-9-10(4-7)15-8(6-12-9)5-11(13)14/h2-4,8,12H,5-6H2,1H3,(H,13,14). The van der Waals surface area contributed by atoms with Gasteiger partial charge in [-0.2, -0.15) is 0 Å². The maximum Gasteiger partial charge on any atom is 0.307 e. The molecule has 1 unspecified atom stereocenters. The number of rotatable bonds is 2. The number of fused-ring (bicyclic) bond motifs is 1. The number of carbonyl (C=O) groups is 1. The van der Waals surface area contributed by atoms with Crippen LogP contribution < -0.4 is 10.1 Å². The zero-order valence-corrected chi connectivity index (χ0v) is 8.49. The molecule has 0 saturated heterocycles. The molecule has 0 radical (unpaired) electrons. The molecule has 0 aromatic heterocycles. The van der Waals surface area contributed by atoms with Crippen molar-refractivity contribution in [3.05, 3.63) is 23.8 Å². The monoisotopic (exact) mass is 207 g/mol. The Labute approximate surface area is 87.9 Å². The maximum atomic E-state index is 10.5. The van der Waals surface area contributed by atoms with Gasteiger partial charge in [0.05, 0.1) is 18.7 Å². The number of aliphatic carboxylic acids is 1. The molecule has 1 aliphatic rings. The predicted molar refractivity (Wildman–Crippen MR) is 56.3 cm³/mol. The normalized spacial score (nSPS) is 18.6. The molecule has 4 heteroatoms. The number of nitrogens with one attached hydrogen (secondary N) is 1. The Balaban J connectivity index is 2.14. The van der Waals surface area contributed by atoms with Crippen molar-refractivity contribution >= 4 is 11.7 Å². The zero-order chi connectivity index (χ0) is 10.8. The molecule has 1 heterocycles. The van der Waals surface area contributed by atoms with Crippen LogP contribution in [0.5, 0.6) is 5.75 Å². The van der Waals surface area contributed by atoms with Gasteiger partial charge in [-0.05, 0) is 24.6 Å². The van der Waals surface area contributed by atoms with Gasteiger partial charge in [-0.1, -0.05) is 6.07 Å². The highest BCUT2D eigenvalue weighted by Crippen LogP contribution is 2.30. The first-order valence-corrected chi connectivity index (χ1v) is 4.88. The van der Waals surface area contributed by atoms with Crippen LogP contribution in [0.15, 0.2) is 18.2 Å². The summed E-state index contributed by atoms with van der Waals surface area (Å²) in [5, 5.41) is 11.8. The Kier molecular flexibility index (Phi) is 2.49. The van der Waals surface area contributed by atoms with Gasteiger partial charge in [0.2, 0.25) is 0 Å². The molecule has 1 aromatic rings. The van der Waals surface area contributed by atoms with Gasteiger partial charge >= 0.3 is 5.97 Å². The summed E-state index contributed by atoms with van der Waals surface area (Å²) in [5.74, 6) is -0.0922. The van der Waals surface area contributed by atoms with E-state index in [0.29, 0.717) is 6.54 Å². The summed E-state index contributed by atoms with van der Waals surface area (Å²) < 4.78 is 5.58. The number of benzene rings is 1. The van der Waals surface area contributed by atoms with Crippen molar-refractivity contribution in [3.8, 4) is 5.75 Å². The average molecular weight is 207 g/mol. The van der Waals surface area contributed by atoms with Crippen LogP contribution in [0.25, 0.3) is 0 Å². The quantitative estimate of drug-likeness (QED) is 0.774. The predicted octanol–water partition coefficient (Wildman–Crippen LogP) is 1.64. The van der Waals surface area contributed by atoms with Crippen molar-refractivity contribution in [2.24, 2.45) is 0 Å². The molecule has 15 heavy (non-hydrogen) atoms. The number of hydrogen-bond acceptors (Lipinski definition) is 3. The van der Waals surface area contributed by atoms with Gasteiger partial charge in [-0.3, -0.25) is 4.79 Å². The molecule has 1 aromatic carbocycles. The molecular weight excluding hydrogens is 194 g/mol. The number of carboxylic acids is 1. The van der Waals surface area contributed by atoms with Crippen LogP contribution in [0.1, 0.15) is 12.0 Å². The molecule has 0 aliphatic carbocycles. The number of ether oxygens (including phenoxy) is 1. The molecule has 2 N–H and O–H groups in total. The summed E-state index contributed by atoms with van der Waals surface area (Å²) >= 11 is 0. The minimum absolute atomic E-state index is 0.0282. The van der Waals surface area contributed by atoms with E-state index >= 15 is 0 Å². The molecule has 1 atom stereocenters. The molecule has 0 saturated carbocycles. The van der Waals surface area contributed by atoms with Crippen molar-refractivity contribution in [3.63, 3.8) is 0 Å². The Bertz CT molecular complexity index is 389. The topological polar surface area (TPSA) is 58.6 Å². The lowest BCUT2D eigenvalue weighted by Gasteiger charge is -2.26. The van der Waals surface area contributed by atoms with E-state index in [4.69, 9.17) is 9.84 Å². The first-order valence-electron chi connectivity index (χ1n) is 4.88. The van der Waals surface area contributed by atoms with Crippen molar-refractivity contribution in [2.75, 3.05) is 11.9 Å². The fraction of sp³-hybridized carbons (Fsp3) is 0.364. The summed E-state index contributed by atoms with van der Waals surface area (Å²) in [6.07, 6.45) is -0.253. The molecule has 4 nitrogen and oxygen atoms in total. The second kappa shape index (κ2) is 3.81. The van der Waals surface area contributed by atoms with E-state index < -0.39 is 5.97 Å². The van der Waals surface area contributed by atoms with Crippen LogP contribution in [0.3, 0.4) is 0 Å². The summed E-state index contributed by atoms with van der Waals surface area (Å²) in [5.41, 5.74) is 2.04. The van der Waals surface area contributed by atoms with Crippen LogP contribution in [-0.4, -0.2) is 23.7 Å². The van der Waals surface area contributed by atoms with E-state index in [1.165, 1.54) is 0 Å². The fourth-order valence-electron chi connectivity index (χ4n) is 1.63. The van der Waals surface area contributed by atoms with Crippen LogP contribution in [0.2, 0.25) is 0 Å². The van der Waals surface area contributed by atoms with Crippen LogP contribution >= 0.6 is 0 Å². The molecule has 2 rings (SSSR count). The molecule has 1 aliphatic heterocycles. The van der Waals surface area contributed by atoms with Crippen molar-refractivity contribution in [1.82, 2.24) is 0 Å². The lowest BCUT2D eigenvalue weighted by molar-refractivity contribution is -0.138. The first-order chi connectivity index (χ1) is 7.15. The Morgan fingerprint density at radius 3 is 3.20 bits per heavy atom. The van der Waals surface area contributed by atoms with Gasteiger partial charge in [-0.15, -0.1) is 0 Å². The zero-order valence-electron chi connectivity index (χ0n) is 8.49. The molecule has 0 amide bonds. The van der Waals surface area contributed by atoms with Crippen LogP contribution in [0, 0.1) is 6.92 Å². The fourth-order valence-corrected chi connectivity index (χ4v) is 1.63. The van der Waals surface area contributed by atoms with E-state index in [1.54, 1.807) is 0 Å². The summed E-state index contributed by atoms with van der Waals surface area (Å²) in [6.45, 7) is 2.52. The third kappa shape index (κ3) is 2.21. The van der Waals surface area contributed by atoms with Gasteiger partial charge in [-0.25, -0.2) is 0 Å². The smallest absolute Gasteiger partial charge is 0.307 e. The largest absolute Gasteiger partial charge is 0.486 e. The minimum atomic E-state index is -0.835. The number of carboxylic acid groups (broad SMARTS) is 1. The van der Waals surface area contributed by atoms with Gasteiger partial charge in [0.25, 0.3) is 0 Å². The summed E-state index contributed by atoms with van der Waals surface area (Å²) in [7, 11) is 0. The van der Waals surface area contributed by atoms with Gasteiger partial charge < -0.3 is 15.2 Å². The second-order valence-electron chi connectivity index (χ2n) is 3.72. The van der Waals surface area contributed by atoms with Crippen molar-refractivity contribution in [1.29, 1.82) is 0 Å². The average Bonchev–Trinajstić information content (AvgIpc) is 2.16. The SMILES string of the molecule is Cc1ccc2c(c1)OC(CC(=O)O)CN2. The molecule has 0 bridgehead atoms. The van der Waals surface area contributed by atoms with E-state index in [0.717, 1.165) is 17.0 Å². The Morgan fingerprint density at radius 1 is 1.67 bits per heavy atom. The van der Waals surface area contributed by atoms with Gasteiger partial charge in [0, 0.05) is 0 Å². The highest BCUT2D eigenvalue weighted by molar-refractivity contribution is 5.68. The number of aryl methyl sites for hydroxylation is 1. The number of hydrogen-bond donors (Lipinski definition) is 2. The number of anilines is 1. The lowest BCUT2D eigenvalue weighted by atomic mass is 10.1. The van der Waals surface area contributed by atoms with E-state index in [9.17, 15) is 4.79 Å². The second-order valence-corrected chi connectivity index (χ2v) is 3.72. The minimum Gasteiger partial charge on any atom is -0.486 e. The van der Waals surface area contributed by atoms with E-state index in [-0.39, 0.29) is 12.5 Å². The molecule has 0 fully saturated rings. The van der Waals surface area contributed by atoms with Crippen LogP contribution in [0.4, 0.5) is 5.69 Å². The Morgan fingerprint density at radius 2 is 2.47 bits per heavy atom. The van der Waals surface area contributed by atoms with Gasteiger partial charge in [0.15, 0.2) is 0 Å². The molecule has 0 spiro atoms. The Hall–Kier alpha value is -1.71. The first kappa shape index (κ1) is 9.83. The van der Waals surface area contributed by atoms with Crippen molar-refractivity contribution in [2.45, 2.75) is 19.4 Å². The van der Waals surface area contributed by atoms with Crippen LogP contribution in [-0.2, 0) is 4.79 Å². The highest BCUT2D eigenvalue weighted by Gasteiger charge is 2.21. The lowest BCUT2D eigenvalue weighted by Crippen LogP contribution is -2.32. The summed E-state index contributed by atoms with van der Waals surface area (Å²) in [4.78, 5) is 10.5. The molecule has 80 valence electrons. The van der Waals surface area contributed by atoms with Gasteiger partial charge in [0.1, 0.15) is 11.9 Å². The summed E-state index contributed by atoms with van der Waals surface area (Å²) in [6, 6.07) is 5.85. The third-order valence-corrected chi connectivity index (χ3v) is 2.35. The van der Waals surface area contributed by atoms with E-state index in [2.05, 4.69) is 5.32 Å². The highest BCUT2D eigenvalue weighted by atomic mass is 16.5. The van der Waals surface area contributed by atoms with E-state index in [1.807, 2.05) is 25.1 Å². The maximum absolute atomic E-state index is 10.5. The third-order valence-electron chi connectivity index (χ3n) is 2.35. The van der Waals surface area contributed by atoms with Crippen molar-refractivity contribution < 1.29 is 14.6 Å². The molecular formula is C11H13NO3.